The van der Waals surface area contributed by atoms with Gasteiger partial charge in [-0.1, -0.05) is 13.8 Å². The molecule has 1 fully saturated rings. The summed E-state index contributed by atoms with van der Waals surface area (Å²) in [5.41, 5.74) is 2.05. The van der Waals surface area contributed by atoms with Crippen LogP contribution in [0, 0.1) is 19.8 Å². The molecule has 0 saturated heterocycles. The molecule has 0 aliphatic heterocycles. The highest BCUT2D eigenvalue weighted by atomic mass is 16.4. The van der Waals surface area contributed by atoms with Crippen molar-refractivity contribution in [2.24, 2.45) is 5.92 Å². The first kappa shape index (κ1) is 14.8. The number of carboxylic acids is 1. The van der Waals surface area contributed by atoms with Gasteiger partial charge in [0, 0.05) is 18.3 Å². The Morgan fingerprint density at radius 1 is 1.45 bits per heavy atom. The van der Waals surface area contributed by atoms with E-state index in [1.165, 1.54) is 0 Å². The Labute approximate surface area is 120 Å². The largest absolute Gasteiger partial charge is 0.478 e. The second-order valence-electron chi connectivity index (χ2n) is 6.19. The van der Waals surface area contributed by atoms with E-state index < -0.39 is 5.97 Å². The van der Waals surface area contributed by atoms with E-state index in [1.54, 1.807) is 0 Å². The van der Waals surface area contributed by atoms with Crippen LogP contribution in [0.1, 0.15) is 54.7 Å². The molecular formula is C16H24N2O2. The van der Waals surface area contributed by atoms with E-state index in [9.17, 15) is 9.90 Å². The number of nitrogens with zero attached hydrogens (tertiary/aromatic N) is 2. The highest BCUT2D eigenvalue weighted by Crippen LogP contribution is 2.34. The van der Waals surface area contributed by atoms with Crippen molar-refractivity contribution in [1.82, 2.24) is 4.98 Å². The maximum absolute atomic E-state index is 11.6. The van der Waals surface area contributed by atoms with Gasteiger partial charge >= 0.3 is 5.97 Å². The summed E-state index contributed by atoms with van der Waals surface area (Å²) < 4.78 is 0. The molecule has 1 aliphatic rings. The average molecular weight is 276 g/mol. The number of aromatic carboxylic acids is 1. The number of hydrogen-bond acceptors (Lipinski definition) is 3. The van der Waals surface area contributed by atoms with Gasteiger partial charge in [0.05, 0.1) is 0 Å². The average Bonchev–Trinajstić information content (AvgIpc) is 3.11. The number of pyridine rings is 1. The molecule has 0 amide bonds. The molecule has 1 N–H and O–H groups in total. The fraction of sp³-hybridized carbons (Fsp3) is 0.625. The van der Waals surface area contributed by atoms with E-state index in [0.29, 0.717) is 23.3 Å². The van der Waals surface area contributed by atoms with Gasteiger partial charge in [0.2, 0.25) is 0 Å². The second kappa shape index (κ2) is 5.81. The predicted octanol–water partition coefficient (Wildman–Crippen LogP) is 3.41. The third-order valence-corrected chi connectivity index (χ3v) is 3.75. The first-order valence-corrected chi connectivity index (χ1v) is 7.38. The van der Waals surface area contributed by atoms with Crippen LogP contribution >= 0.6 is 0 Å². The molecule has 0 spiro atoms. The Kier molecular flexibility index (Phi) is 4.31. The lowest BCUT2D eigenvalue weighted by Gasteiger charge is -2.27. The summed E-state index contributed by atoms with van der Waals surface area (Å²) >= 11 is 0. The number of rotatable bonds is 6. The number of anilines is 1. The van der Waals surface area contributed by atoms with Crippen molar-refractivity contribution in [3.8, 4) is 0 Å². The first-order valence-electron chi connectivity index (χ1n) is 7.38. The van der Waals surface area contributed by atoms with Crippen LogP contribution in [-0.2, 0) is 0 Å². The van der Waals surface area contributed by atoms with E-state index in [4.69, 9.17) is 0 Å². The van der Waals surface area contributed by atoms with Crippen molar-refractivity contribution in [2.45, 2.75) is 53.0 Å². The normalized spacial score (nSPS) is 14.7. The smallest absolute Gasteiger partial charge is 0.339 e. The summed E-state index contributed by atoms with van der Waals surface area (Å²) in [6.07, 6.45) is 3.35. The maximum atomic E-state index is 11.6. The van der Waals surface area contributed by atoms with E-state index in [-0.39, 0.29) is 0 Å². The molecule has 0 radical (unpaired) electrons. The van der Waals surface area contributed by atoms with Crippen molar-refractivity contribution in [2.75, 3.05) is 11.4 Å². The fourth-order valence-corrected chi connectivity index (χ4v) is 2.53. The third-order valence-electron chi connectivity index (χ3n) is 3.75. The lowest BCUT2D eigenvalue weighted by Crippen LogP contribution is -2.31. The molecule has 1 saturated carbocycles. The van der Waals surface area contributed by atoms with Crippen molar-refractivity contribution in [3.05, 3.63) is 22.9 Å². The summed E-state index contributed by atoms with van der Waals surface area (Å²) in [7, 11) is 0. The summed E-state index contributed by atoms with van der Waals surface area (Å²) in [5, 5.41) is 9.50. The Morgan fingerprint density at radius 2 is 2.10 bits per heavy atom. The summed E-state index contributed by atoms with van der Waals surface area (Å²) in [6, 6.07) is 2.32. The van der Waals surface area contributed by atoms with Crippen LogP contribution in [0.25, 0.3) is 0 Å². The predicted molar refractivity (Wildman–Crippen MR) is 80.5 cm³/mol. The van der Waals surface area contributed by atoms with Crippen LogP contribution in [-0.4, -0.2) is 28.6 Å². The SMILES string of the molecule is Cc1cc(C)c(C(=O)O)c(N(CCC(C)C)C2CC2)n1. The summed E-state index contributed by atoms with van der Waals surface area (Å²) in [5.74, 6) is 0.397. The highest BCUT2D eigenvalue weighted by molar-refractivity contribution is 5.95. The zero-order valence-corrected chi connectivity index (χ0v) is 12.8. The van der Waals surface area contributed by atoms with Crippen LogP contribution in [0.5, 0.6) is 0 Å². The zero-order chi connectivity index (χ0) is 14.9. The monoisotopic (exact) mass is 276 g/mol. The molecule has 4 heteroatoms. The number of hydrogen-bond donors (Lipinski definition) is 1. The number of aromatic nitrogens is 1. The number of carboxylic acid groups (broad SMARTS) is 1. The molecule has 4 nitrogen and oxygen atoms in total. The van der Waals surface area contributed by atoms with Gasteiger partial charge in [-0.3, -0.25) is 0 Å². The Bertz CT molecular complexity index is 507. The second-order valence-corrected chi connectivity index (χ2v) is 6.19. The molecule has 1 aliphatic carbocycles. The molecule has 1 heterocycles. The van der Waals surface area contributed by atoms with Crippen molar-refractivity contribution in [1.29, 1.82) is 0 Å². The fourth-order valence-electron chi connectivity index (χ4n) is 2.53. The zero-order valence-electron chi connectivity index (χ0n) is 12.8. The molecule has 2 rings (SSSR count). The minimum Gasteiger partial charge on any atom is -0.478 e. The number of carbonyl (C=O) groups is 1. The van der Waals surface area contributed by atoms with Crippen LogP contribution in [0.3, 0.4) is 0 Å². The van der Waals surface area contributed by atoms with Gasteiger partial charge in [0.1, 0.15) is 11.4 Å². The van der Waals surface area contributed by atoms with Crippen LogP contribution in [0.15, 0.2) is 6.07 Å². The molecule has 0 atom stereocenters. The van der Waals surface area contributed by atoms with Gasteiger partial charge in [-0.25, -0.2) is 9.78 Å². The van der Waals surface area contributed by atoms with Crippen LogP contribution in [0.4, 0.5) is 5.82 Å². The van der Waals surface area contributed by atoms with Crippen LogP contribution < -0.4 is 4.90 Å². The van der Waals surface area contributed by atoms with E-state index in [2.05, 4.69) is 23.7 Å². The minimum absolute atomic E-state index is 0.367. The summed E-state index contributed by atoms with van der Waals surface area (Å²) in [4.78, 5) is 18.3. The highest BCUT2D eigenvalue weighted by Gasteiger charge is 2.33. The standard InChI is InChI=1S/C16H24N2O2/c1-10(2)7-8-18(13-5-6-13)15-14(16(19)20)11(3)9-12(4)17-15/h9-10,13H,5-8H2,1-4H3,(H,19,20). The molecule has 20 heavy (non-hydrogen) atoms. The quantitative estimate of drug-likeness (QED) is 0.865. The van der Waals surface area contributed by atoms with Gasteiger partial charge in [0.25, 0.3) is 0 Å². The Balaban J connectivity index is 2.38. The lowest BCUT2D eigenvalue weighted by molar-refractivity contribution is 0.0696. The molecule has 0 unspecified atom stereocenters. The maximum Gasteiger partial charge on any atom is 0.339 e. The topological polar surface area (TPSA) is 53.4 Å². The molecule has 1 aromatic rings. The van der Waals surface area contributed by atoms with E-state index in [1.807, 2.05) is 19.9 Å². The van der Waals surface area contributed by atoms with Crippen LogP contribution in [0.2, 0.25) is 0 Å². The summed E-state index contributed by atoms with van der Waals surface area (Å²) in [6.45, 7) is 9.06. The van der Waals surface area contributed by atoms with Gasteiger partial charge in [-0.2, -0.15) is 0 Å². The van der Waals surface area contributed by atoms with Gasteiger partial charge < -0.3 is 10.0 Å². The van der Waals surface area contributed by atoms with Crippen molar-refractivity contribution < 1.29 is 9.90 Å². The van der Waals surface area contributed by atoms with E-state index >= 15 is 0 Å². The Hall–Kier alpha value is -1.58. The third kappa shape index (κ3) is 3.30. The van der Waals surface area contributed by atoms with Gasteiger partial charge in [-0.05, 0) is 50.7 Å². The van der Waals surface area contributed by atoms with Gasteiger partial charge in [-0.15, -0.1) is 0 Å². The number of aryl methyl sites for hydroxylation is 2. The lowest BCUT2D eigenvalue weighted by atomic mass is 10.1. The van der Waals surface area contributed by atoms with Gasteiger partial charge in [0.15, 0.2) is 0 Å². The Morgan fingerprint density at radius 3 is 2.60 bits per heavy atom. The first-order chi connectivity index (χ1) is 9.40. The molecule has 0 bridgehead atoms. The van der Waals surface area contributed by atoms with Crippen molar-refractivity contribution >= 4 is 11.8 Å². The van der Waals surface area contributed by atoms with Crippen molar-refractivity contribution in [3.63, 3.8) is 0 Å². The molecule has 0 aromatic carbocycles. The molecule has 110 valence electrons. The molecule has 1 aromatic heterocycles. The molecular weight excluding hydrogens is 252 g/mol. The minimum atomic E-state index is -0.875. The van der Waals surface area contributed by atoms with E-state index in [0.717, 1.165) is 37.1 Å².